The quantitative estimate of drug-likeness (QED) is 0.852. The van der Waals surface area contributed by atoms with E-state index in [9.17, 15) is 4.79 Å². The summed E-state index contributed by atoms with van der Waals surface area (Å²) in [6, 6.07) is 17.8. The van der Waals surface area contributed by atoms with Crippen LogP contribution in [0.15, 0.2) is 54.6 Å². The maximum absolute atomic E-state index is 12.7. The van der Waals surface area contributed by atoms with Gasteiger partial charge in [0.05, 0.1) is 24.9 Å². The van der Waals surface area contributed by atoms with E-state index in [-0.39, 0.29) is 11.3 Å². The molecule has 1 aliphatic heterocycles. The number of hydrogen-bond acceptors (Lipinski definition) is 3. The van der Waals surface area contributed by atoms with Gasteiger partial charge in [-0.05, 0) is 37.0 Å². The Kier molecular flexibility index (Phi) is 4.22. The number of nitrogens with one attached hydrogen (secondary N) is 1. The summed E-state index contributed by atoms with van der Waals surface area (Å²) in [6.07, 6.45) is 3.83. The van der Waals surface area contributed by atoms with Gasteiger partial charge in [0, 0.05) is 12.0 Å². The summed E-state index contributed by atoms with van der Waals surface area (Å²) in [6.45, 7) is 0.612. The highest BCUT2D eigenvalue weighted by Gasteiger charge is 2.51. The Bertz CT molecular complexity index is 761. The number of ether oxygens (including phenoxy) is 2. The number of hydrogen-bond donors (Lipinski definition) is 1. The van der Waals surface area contributed by atoms with Crippen LogP contribution in [0.2, 0.25) is 0 Å². The normalized spacial score (nSPS) is 27.2. The molecule has 2 aliphatic rings. The van der Waals surface area contributed by atoms with Gasteiger partial charge in [0.25, 0.3) is 5.91 Å². The first-order valence-electron chi connectivity index (χ1n) is 8.84. The third-order valence-electron chi connectivity index (χ3n) is 5.51. The van der Waals surface area contributed by atoms with Crippen LogP contribution < -0.4 is 10.1 Å². The van der Waals surface area contributed by atoms with Gasteiger partial charge in [0.2, 0.25) is 0 Å². The Labute approximate surface area is 148 Å². The second-order valence-electron chi connectivity index (χ2n) is 6.99. The highest BCUT2D eigenvalue weighted by atomic mass is 16.6. The zero-order valence-electron chi connectivity index (χ0n) is 14.4. The van der Waals surface area contributed by atoms with Crippen LogP contribution in [0.1, 0.15) is 35.2 Å². The fourth-order valence-corrected chi connectivity index (χ4v) is 4.01. The number of amides is 1. The monoisotopic (exact) mass is 337 g/mol. The Morgan fingerprint density at radius 2 is 1.92 bits per heavy atom. The van der Waals surface area contributed by atoms with Crippen molar-refractivity contribution in [1.82, 2.24) is 5.32 Å². The van der Waals surface area contributed by atoms with Crippen molar-refractivity contribution in [2.45, 2.75) is 36.9 Å². The highest BCUT2D eigenvalue weighted by Crippen LogP contribution is 2.47. The summed E-state index contributed by atoms with van der Waals surface area (Å²) in [5.74, 6) is 0.509. The molecule has 1 saturated heterocycles. The van der Waals surface area contributed by atoms with Crippen LogP contribution in [0.4, 0.5) is 0 Å². The number of fused-ring (bicyclic) bond motifs is 1. The van der Waals surface area contributed by atoms with E-state index in [2.05, 4.69) is 29.6 Å². The molecule has 1 saturated carbocycles. The number of carbonyl (C=O) groups excluding carboxylic acids is 1. The van der Waals surface area contributed by atoms with Gasteiger partial charge in [-0.25, -0.2) is 0 Å². The second kappa shape index (κ2) is 6.52. The standard InChI is InChI=1S/C21H23NO3/c1-24-17-10-6-5-9-16(17)20(23)22-14-21(15-7-3-2-4-8-15)12-11-18-19(13-21)25-18/h2-10,18-19H,11-14H2,1H3,(H,22,23)/t18-,19+,21?/m1/s1. The lowest BCUT2D eigenvalue weighted by molar-refractivity contribution is 0.0935. The summed E-state index contributed by atoms with van der Waals surface area (Å²) >= 11 is 0. The molecule has 0 spiro atoms. The molecular formula is C21H23NO3. The van der Waals surface area contributed by atoms with Crippen LogP contribution in [0.3, 0.4) is 0 Å². The van der Waals surface area contributed by atoms with Crippen LogP contribution in [-0.2, 0) is 10.2 Å². The van der Waals surface area contributed by atoms with Gasteiger partial charge in [-0.2, -0.15) is 0 Å². The average Bonchev–Trinajstić information content (AvgIpc) is 3.45. The number of carbonyl (C=O) groups is 1. The van der Waals surface area contributed by atoms with E-state index in [1.54, 1.807) is 13.2 Å². The van der Waals surface area contributed by atoms with Crippen molar-refractivity contribution in [3.63, 3.8) is 0 Å². The third kappa shape index (κ3) is 3.14. The molecule has 1 aliphatic carbocycles. The minimum Gasteiger partial charge on any atom is -0.496 e. The third-order valence-corrected chi connectivity index (χ3v) is 5.51. The molecule has 0 bridgehead atoms. The van der Waals surface area contributed by atoms with Gasteiger partial charge < -0.3 is 14.8 Å². The molecule has 4 rings (SSSR count). The molecule has 1 heterocycles. The van der Waals surface area contributed by atoms with Crippen LogP contribution >= 0.6 is 0 Å². The van der Waals surface area contributed by atoms with Gasteiger partial charge >= 0.3 is 0 Å². The topological polar surface area (TPSA) is 50.9 Å². The molecule has 3 atom stereocenters. The molecule has 2 aromatic rings. The van der Waals surface area contributed by atoms with E-state index in [0.29, 0.717) is 30.1 Å². The maximum Gasteiger partial charge on any atom is 0.255 e. The van der Waals surface area contributed by atoms with Crippen molar-refractivity contribution >= 4 is 5.91 Å². The van der Waals surface area contributed by atoms with Crippen LogP contribution in [-0.4, -0.2) is 31.8 Å². The molecule has 130 valence electrons. The average molecular weight is 337 g/mol. The second-order valence-corrected chi connectivity index (χ2v) is 6.99. The number of benzene rings is 2. The van der Waals surface area contributed by atoms with Crippen molar-refractivity contribution in [1.29, 1.82) is 0 Å². The first kappa shape index (κ1) is 16.2. The van der Waals surface area contributed by atoms with Crippen LogP contribution in [0.5, 0.6) is 5.75 Å². The maximum atomic E-state index is 12.7. The first-order chi connectivity index (χ1) is 12.2. The molecular weight excluding hydrogens is 314 g/mol. The minimum absolute atomic E-state index is 0.0589. The van der Waals surface area contributed by atoms with Crippen molar-refractivity contribution in [3.05, 3.63) is 65.7 Å². The molecule has 1 amide bonds. The van der Waals surface area contributed by atoms with Crippen molar-refractivity contribution in [2.75, 3.05) is 13.7 Å². The predicted molar refractivity (Wildman–Crippen MR) is 96.0 cm³/mol. The van der Waals surface area contributed by atoms with Gasteiger partial charge in [-0.3, -0.25) is 4.79 Å². The lowest BCUT2D eigenvalue weighted by Crippen LogP contribution is -2.44. The lowest BCUT2D eigenvalue weighted by Gasteiger charge is -2.36. The Balaban J connectivity index is 1.54. The largest absolute Gasteiger partial charge is 0.496 e. The fourth-order valence-electron chi connectivity index (χ4n) is 4.01. The SMILES string of the molecule is COc1ccccc1C(=O)NCC1(c2ccccc2)CC[C@H]2O[C@H]2C1. The van der Waals surface area contributed by atoms with Crippen molar-refractivity contribution in [3.8, 4) is 5.75 Å². The minimum atomic E-state index is -0.0911. The van der Waals surface area contributed by atoms with Gasteiger partial charge in [0.15, 0.2) is 0 Å². The van der Waals surface area contributed by atoms with Gasteiger partial charge in [-0.1, -0.05) is 42.5 Å². The fraction of sp³-hybridized carbons (Fsp3) is 0.381. The summed E-state index contributed by atoms with van der Waals surface area (Å²) < 4.78 is 11.1. The lowest BCUT2D eigenvalue weighted by atomic mass is 9.69. The van der Waals surface area contributed by atoms with Crippen LogP contribution in [0.25, 0.3) is 0 Å². The molecule has 4 heteroatoms. The number of epoxide rings is 1. The van der Waals surface area contributed by atoms with Gasteiger partial charge in [-0.15, -0.1) is 0 Å². The Hall–Kier alpha value is -2.33. The molecule has 1 unspecified atom stereocenters. The van der Waals surface area contributed by atoms with E-state index in [1.807, 2.05) is 24.3 Å². The number of methoxy groups -OCH3 is 1. The molecule has 25 heavy (non-hydrogen) atoms. The van der Waals surface area contributed by atoms with Crippen molar-refractivity contribution < 1.29 is 14.3 Å². The molecule has 2 fully saturated rings. The molecule has 0 radical (unpaired) electrons. The zero-order valence-corrected chi connectivity index (χ0v) is 14.4. The van der Waals surface area contributed by atoms with Crippen molar-refractivity contribution in [2.24, 2.45) is 0 Å². The summed E-state index contributed by atoms with van der Waals surface area (Å²) in [5.41, 5.74) is 1.80. The molecule has 2 aromatic carbocycles. The van der Waals surface area contributed by atoms with E-state index >= 15 is 0 Å². The first-order valence-corrected chi connectivity index (χ1v) is 8.84. The summed E-state index contributed by atoms with van der Waals surface area (Å²) in [4.78, 5) is 12.7. The Morgan fingerprint density at radius 1 is 1.16 bits per heavy atom. The van der Waals surface area contributed by atoms with Gasteiger partial charge in [0.1, 0.15) is 5.75 Å². The van der Waals surface area contributed by atoms with E-state index in [0.717, 1.165) is 19.3 Å². The predicted octanol–water partition coefficient (Wildman–Crippen LogP) is 3.31. The summed E-state index contributed by atoms with van der Waals surface area (Å²) in [5, 5.41) is 3.15. The Morgan fingerprint density at radius 3 is 2.68 bits per heavy atom. The highest BCUT2D eigenvalue weighted by molar-refractivity contribution is 5.96. The van der Waals surface area contributed by atoms with E-state index in [1.165, 1.54) is 5.56 Å². The van der Waals surface area contributed by atoms with Crippen LogP contribution in [0, 0.1) is 0 Å². The number of rotatable bonds is 5. The molecule has 1 N–H and O–H groups in total. The smallest absolute Gasteiger partial charge is 0.255 e. The molecule has 4 nitrogen and oxygen atoms in total. The number of para-hydroxylation sites is 1. The van der Waals surface area contributed by atoms with E-state index < -0.39 is 0 Å². The molecule has 0 aromatic heterocycles. The zero-order chi connectivity index (χ0) is 17.3. The van der Waals surface area contributed by atoms with E-state index in [4.69, 9.17) is 9.47 Å². The summed E-state index contributed by atoms with van der Waals surface area (Å²) in [7, 11) is 1.59.